The lowest BCUT2D eigenvalue weighted by molar-refractivity contribution is 0.482. The smallest absolute Gasteiger partial charge is 0.0460 e. The Hall–Kier alpha value is -0.570. The fourth-order valence-electron chi connectivity index (χ4n) is 1.85. The molecule has 1 unspecified atom stereocenters. The van der Waals surface area contributed by atoms with Gasteiger partial charge >= 0.3 is 0 Å². The van der Waals surface area contributed by atoms with Gasteiger partial charge in [-0.15, -0.1) is 0 Å². The number of nitrogens with two attached hydrogens (primary N) is 1. The van der Waals surface area contributed by atoms with Crippen molar-refractivity contribution in [1.29, 1.82) is 0 Å². The molecular weight excluding hydrogens is 208 g/mol. The lowest BCUT2D eigenvalue weighted by atomic mass is 10.0. The molecule has 0 saturated heterocycles. The zero-order valence-corrected chi connectivity index (χ0v) is 9.50. The largest absolute Gasteiger partial charge is 0.271 e. The number of rotatable bonds is 5. The number of hydrogen-bond donors (Lipinski definition) is 2. The van der Waals surface area contributed by atoms with Crippen LogP contribution < -0.4 is 11.3 Å². The Labute approximate surface area is 95.8 Å². The maximum Gasteiger partial charge on any atom is 0.0460 e. The Balaban J connectivity index is 1.94. The van der Waals surface area contributed by atoms with Gasteiger partial charge in [-0.3, -0.25) is 11.3 Å². The number of hydrazine groups is 1. The van der Waals surface area contributed by atoms with Gasteiger partial charge < -0.3 is 0 Å². The summed E-state index contributed by atoms with van der Waals surface area (Å²) in [5.41, 5.74) is 4.10. The van der Waals surface area contributed by atoms with E-state index < -0.39 is 0 Å². The van der Waals surface area contributed by atoms with E-state index in [2.05, 4.69) is 5.43 Å². The van der Waals surface area contributed by atoms with Crippen LogP contribution in [-0.4, -0.2) is 0 Å². The molecule has 1 fully saturated rings. The summed E-state index contributed by atoms with van der Waals surface area (Å²) in [5.74, 6) is 6.52. The van der Waals surface area contributed by atoms with Crippen molar-refractivity contribution in [2.24, 2.45) is 11.8 Å². The van der Waals surface area contributed by atoms with Gasteiger partial charge in [-0.1, -0.05) is 36.6 Å². The monoisotopic (exact) mass is 224 g/mol. The highest BCUT2D eigenvalue weighted by Gasteiger charge is 2.22. The Morgan fingerprint density at radius 2 is 2.00 bits per heavy atom. The Morgan fingerprint density at radius 1 is 1.33 bits per heavy atom. The summed E-state index contributed by atoms with van der Waals surface area (Å²) < 4.78 is 0. The molecule has 0 amide bonds. The van der Waals surface area contributed by atoms with Gasteiger partial charge in [0.15, 0.2) is 0 Å². The van der Waals surface area contributed by atoms with E-state index >= 15 is 0 Å². The lowest BCUT2D eigenvalue weighted by Crippen LogP contribution is -2.28. The zero-order chi connectivity index (χ0) is 10.7. The van der Waals surface area contributed by atoms with Crippen LogP contribution in [0.1, 0.15) is 37.3 Å². The second-order valence-electron chi connectivity index (χ2n) is 4.29. The molecule has 0 spiro atoms. The van der Waals surface area contributed by atoms with Crippen LogP contribution in [0.15, 0.2) is 24.3 Å². The van der Waals surface area contributed by atoms with Crippen LogP contribution in [0.4, 0.5) is 0 Å². The van der Waals surface area contributed by atoms with Gasteiger partial charge in [0, 0.05) is 11.1 Å². The molecule has 1 aromatic rings. The van der Waals surface area contributed by atoms with E-state index in [0.717, 1.165) is 17.4 Å². The number of benzene rings is 1. The van der Waals surface area contributed by atoms with Gasteiger partial charge in [0.05, 0.1) is 0 Å². The molecule has 1 atom stereocenters. The van der Waals surface area contributed by atoms with Crippen molar-refractivity contribution >= 4 is 11.6 Å². The quantitative estimate of drug-likeness (QED) is 0.596. The molecule has 15 heavy (non-hydrogen) atoms. The van der Waals surface area contributed by atoms with Crippen molar-refractivity contribution in [3.63, 3.8) is 0 Å². The molecule has 0 bridgehead atoms. The van der Waals surface area contributed by atoms with Gasteiger partial charge in [0.2, 0.25) is 0 Å². The van der Waals surface area contributed by atoms with E-state index in [-0.39, 0.29) is 6.04 Å². The van der Waals surface area contributed by atoms with Crippen molar-refractivity contribution in [1.82, 2.24) is 5.43 Å². The standard InChI is InChI=1S/C12H17ClN2/c13-11-6-4-10(5-7-11)12(15-14)8-3-9-1-2-9/h4-7,9,12,15H,1-3,8,14H2. The molecule has 0 heterocycles. The van der Waals surface area contributed by atoms with E-state index in [1.165, 1.54) is 24.8 Å². The second kappa shape index (κ2) is 4.97. The first kappa shape index (κ1) is 10.9. The average molecular weight is 225 g/mol. The highest BCUT2D eigenvalue weighted by Crippen LogP contribution is 2.35. The molecule has 2 rings (SSSR count). The van der Waals surface area contributed by atoms with Crippen LogP contribution in [0.2, 0.25) is 5.02 Å². The molecular formula is C12H17ClN2. The van der Waals surface area contributed by atoms with Crippen LogP contribution in [0.3, 0.4) is 0 Å². The molecule has 2 nitrogen and oxygen atoms in total. The van der Waals surface area contributed by atoms with Crippen molar-refractivity contribution in [3.8, 4) is 0 Å². The maximum absolute atomic E-state index is 5.85. The first-order chi connectivity index (χ1) is 7.29. The molecule has 3 N–H and O–H groups in total. The van der Waals surface area contributed by atoms with Gasteiger partial charge in [-0.25, -0.2) is 0 Å². The van der Waals surface area contributed by atoms with Crippen LogP contribution >= 0.6 is 11.6 Å². The maximum atomic E-state index is 5.85. The third kappa shape index (κ3) is 3.20. The Bertz CT molecular complexity index is 306. The molecule has 0 radical (unpaired) electrons. The third-order valence-electron chi connectivity index (χ3n) is 3.03. The Kier molecular flexibility index (Phi) is 3.62. The van der Waals surface area contributed by atoms with Crippen molar-refractivity contribution < 1.29 is 0 Å². The first-order valence-electron chi connectivity index (χ1n) is 5.51. The molecule has 1 saturated carbocycles. The minimum absolute atomic E-state index is 0.267. The SMILES string of the molecule is NNC(CCC1CC1)c1ccc(Cl)cc1. The summed E-state index contributed by atoms with van der Waals surface area (Å²) in [6, 6.07) is 8.18. The molecule has 3 heteroatoms. The fourth-order valence-corrected chi connectivity index (χ4v) is 1.98. The van der Waals surface area contributed by atoms with Crippen LogP contribution in [-0.2, 0) is 0 Å². The predicted molar refractivity (Wildman–Crippen MR) is 63.5 cm³/mol. The number of halogens is 1. The summed E-state index contributed by atoms with van der Waals surface area (Å²) in [4.78, 5) is 0. The van der Waals surface area contributed by atoms with Crippen LogP contribution in [0.5, 0.6) is 0 Å². The van der Waals surface area contributed by atoms with Crippen molar-refractivity contribution in [2.75, 3.05) is 0 Å². The first-order valence-corrected chi connectivity index (χ1v) is 5.89. The topological polar surface area (TPSA) is 38.0 Å². The lowest BCUT2D eigenvalue weighted by Gasteiger charge is -2.16. The molecule has 1 aliphatic rings. The molecule has 0 aromatic heterocycles. The highest BCUT2D eigenvalue weighted by atomic mass is 35.5. The summed E-state index contributed by atoms with van der Waals surface area (Å²) in [7, 11) is 0. The predicted octanol–water partition coefficient (Wildman–Crippen LogP) is 3.03. The Morgan fingerprint density at radius 3 is 2.53 bits per heavy atom. The van der Waals surface area contributed by atoms with E-state index in [9.17, 15) is 0 Å². The van der Waals surface area contributed by atoms with Crippen LogP contribution in [0, 0.1) is 5.92 Å². The summed E-state index contributed by atoms with van der Waals surface area (Å²) in [6.07, 6.45) is 5.19. The third-order valence-corrected chi connectivity index (χ3v) is 3.29. The van der Waals surface area contributed by atoms with Gasteiger partial charge in [0.25, 0.3) is 0 Å². The van der Waals surface area contributed by atoms with Crippen molar-refractivity contribution in [3.05, 3.63) is 34.9 Å². The zero-order valence-electron chi connectivity index (χ0n) is 8.75. The number of nitrogens with one attached hydrogen (secondary N) is 1. The summed E-state index contributed by atoms with van der Waals surface area (Å²) >= 11 is 5.85. The fraction of sp³-hybridized carbons (Fsp3) is 0.500. The second-order valence-corrected chi connectivity index (χ2v) is 4.73. The molecule has 0 aliphatic heterocycles. The van der Waals surface area contributed by atoms with E-state index in [4.69, 9.17) is 17.4 Å². The van der Waals surface area contributed by atoms with E-state index in [1.807, 2.05) is 24.3 Å². The van der Waals surface area contributed by atoms with E-state index in [0.29, 0.717) is 0 Å². The summed E-state index contributed by atoms with van der Waals surface area (Å²) in [6.45, 7) is 0. The van der Waals surface area contributed by atoms with Crippen molar-refractivity contribution in [2.45, 2.75) is 31.7 Å². The normalized spacial score (nSPS) is 17.7. The summed E-state index contributed by atoms with van der Waals surface area (Å²) in [5, 5.41) is 0.775. The minimum Gasteiger partial charge on any atom is -0.271 e. The molecule has 1 aromatic carbocycles. The van der Waals surface area contributed by atoms with Gasteiger partial charge in [0.1, 0.15) is 0 Å². The molecule has 1 aliphatic carbocycles. The highest BCUT2D eigenvalue weighted by molar-refractivity contribution is 6.30. The molecule has 82 valence electrons. The van der Waals surface area contributed by atoms with Crippen LogP contribution in [0.25, 0.3) is 0 Å². The van der Waals surface area contributed by atoms with E-state index in [1.54, 1.807) is 0 Å². The number of hydrogen-bond acceptors (Lipinski definition) is 2. The van der Waals surface area contributed by atoms with Gasteiger partial charge in [-0.05, 0) is 36.5 Å². The van der Waals surface area contributed by atoms with Gasteiger partial charge in [-0.2, -0.15) is 0 Å². The average Bonchev–Trinajstić information content (AvgIpc) is 3.05. The minimum atomic E-state index is 0.267.